The quantitative estimate of drug-likeness (QED) is 0.799. The molecule has 0 fully saturated rings. The molecule has 0 saturated carbocycles. The monoisotopic (exact) mass is 210 g/mol. The van der Waals surface area contributed by atoms with E-state index >= 15 is 0 Å². The minimum absolute atomic E-state index is 0.473. The Labute approximate surface area is 84.9 Å². The molecule has 3 N–H and O–H groups in total. The number of anilines is 1. The first kappa shape index (κ1) is 9.17. The van der Waals surface area contributed by atoms with E-state index in [1.54, 1.807) is 24.5 Å². The molecule has 0 unspecified atom stereocenters. The number of aromatic amines is 1. The molecule has 74 valence electrons. The van der Waals surface area contributed by atoms with Crippen LogP contribution in [-0.2, 0) is 11.3 Å². The van der Waals surface area contributed by atoms with Crippen LogP contribution < -0.4 is 5.73 Å². The summed E-state index contributed by atoms with van der Waals surface area (Å²) in [6.07, 6.45) is 0. The molecule has 2 heterocycles. The largest absolute Gasteiger partial charge is 0.382 e. The maximum Gasteiger partial charge on any atom is 0.145 e. The summed E-state index contributed by atoms with van der Waals surface area (Å²) in [5.74, 6) is 0.473. The van der Waals surface area contributed by atoms with Gasteiger partial charge in [-0.25, -0.2) is 4.98 Å². The number of thiazole rings is 1. The van der Waals surface area contributed by atoms with Gasteiger partial charge < -0.3 is 10.5 Å². The molecule has 5 nitrogen and oxygen atoms in total. The van der Waals surface area contributed by atoms with Crippen LogP contribution in [0.2, 0.25) is 0 Å². The second kappa shape index (κ2) is 3.77. The number of H-pyrrole nitrogens is 1. The summed E-state index contributed by atoms with van der Waals surface area (Å²) in [6.45, 7) is 0.536. The summed E-state index contributed by atoms with van der Waals surface area (Å²) < 4.78 is 4.98. The highest BCUT2D eigenvalue weighted by Gasteiger charge is 2.06. The SMILES string of the molecule is COCc1nc(-c2cc(N)n[nH]2)cs1. The summed E-state index contributed by atoms with van der Waals surface area (Å²) in [5, 5.41) is 9.53. The summed E-state index contributed by atoms with van der Waals surface area (Å²) in [4.78, 5) is 4.35. The van der Waals surface area contributed by atoms with Gasteiger partial charge >= 0.3 is 0 Å². The van der Waals surface area contributed by atoms with Gasteiger partial charge in [-0.2, -0.15) is 5.10 Å². The van der Waals surface area contributed by atoms with Gasteiger partial charge in [-0.05, 0) is 0 Å². The highest BCUT2D eigenvalue weighted by molar-refractivity contribution is 7.09. The zero-order chi connectivity index (χ0) is 9.97. The first-order valence-corrected chi connectivity index (χ1v) is 4.92. The van der Waals surface area contributed by atoms with E-state index in [-0.39, 0.29) is 0 Å². The van der Waals surface area contributed by atoms with Crippen LogP contribution in [0.5, 0.6) is 0 Å². The van der Waals surface area contributed by atoms with Crippen LogP contribution in [0.1, 0.15) is 5.01 Å². The standard InChI is InChI=1S/C8H10N4OS/c1-13-3-8-10-6(4-14-8)5-2-7(9)12-11-5/h2,4H,3H2,1H3,(H3,9,11,12). The Hall–Kier alpha value is -1.40. The number of nitrogen functional groups attached to an aromatic ring is 1. The van der Waals surface area contributed by atoms with E-state index in [1.807, 2.05) is 5.38 Å². The van der Waals surface area contributed by atoms with Gasteiger partial charge in [0.15, 0.2) is 0 Å². The molecular weight excluding hydrogens is 200 g/mol. The van der Waals surface area contributed by atoms with Gasteiger partial charge in [0.05, 0.1) is 18.0 Å². The molecule has 6 heteroatoms. The third-order valence-electron chi connectivity index (χ3n) is 1.69. The molecule has 0 amide bonds. The number of nitrogens with one attached hydrogen (secondary N) is 1. The first-order chi connectivity index (χ1) is 6.79. The predicted molar refractivity (Wildman–Crippen MR) is 54.8 cm³/mol. The van der Waals surface area contributed by atoms with Gasteiger partial charge in [0.2, 0.25) is 0 Å². The van der Waals surface area contributed by atoms with Crippen molar-refractivity contribution in [2.24, 2.45) is 0 Å². The lowest BCUT2D eigenvalue weighted by Gasteiger charge is -1.90. The summed E-state index contributed by atoms with van der Waals surface area (Å²) in [7, 11) is 1.65. The third-order valence-corrected chi connectivity index (χ3v) is 2.52. The lowest BCUT2D eigenvalue weighted by molar-refractivity contribution is 0.184. The molecular formula is C8H10N4OS. The maximum absolute atomic E-state index is 5.49. The molecule has 0 aromatic carbocycles. The molecule has 0 atom stereocenters. The summed E-state index contributed by atoms with van der Waals surface area (Å²) in [6, 6.07) is 1.76. The van der Waals surface area contributed by atoms with E-state index < -0.39 is 0 Å². The molecule has 14 heavy (non-hydrogen) atoms. The van der Waals surface area contributed by atoms with Crippen molar-refractivity contribution >= 4 is 17.2 Å². The van der Waals surface area contributed by atoms with Crippen LogP contribution in [0.25, 0.3) is 11.4 Å². The zero-order valence-electron chi connectivity index (χ0n) is 7.65. The topological polar surface area (TPSA) is 76.8 Å². The molecule has 0 bridgehead atoms. The number of methoxy groups -OCH3 is 1. The molecule has 0 saturated heterocycles. The van der Waals surface area contributed by atoms with Gasteiger partial charge in [0.1, 0.15) is 10.8 Å². The second-order valence-corrected chi connectivity index (χ2v) is 3.71. The van der Waals surface area contributed by atoms with Gasteiger partial charge in [-0.1, -0.05) is 0 Å². The van der Waals surface area contributed by atoms with E-state index in [0.717, 1.165) is 16.4 Å². The number of aromatic nitrogens is 3. The zero-order valence-corrected chi connectivity index (χ0v) is 8.47. The van der Waals surface area contributed by atoms with Crippen molar-refractivity contribution in [3.8, 4) is 11.4 Å². The van der Waals surface area contributed by atoms with Crippen LogP contribution in [0.15, 0.2) is 11.4 Å². The smallest absolute Gasteiger partial charge is 0.145 e. The van der Waals surface area contributed by atoms with Crippen molar-refractivity contribution in [2.75, 3.05) is 12.8 Å². The van der Waals surface area contributed by atoms with Crippen molar-refractivity contribution in [2.45, 2.75) is 6.61 Å². The molecule has 0 aliphatic carbocycles. The van der Waals surface area contributed by atoms with Crippen LogP contribution in [0.4, 0.5) is 5.82 Å². The van der Waals surface area contributed by atoms with E-state index in [9.17, 15) is 0 Å². The van der Waals surface area contributed by atoms with Crippen molar-refractivity contribution in [3.05, 3.63) is 16.5 Å². The van der Waals surface area contributed by atoms with E-state index in [0.29, 0.717) is 12.4 Å². The predicted octanol–water partition coefficient (Wildman–Crippen LogP) is 1.26. The fourth-order valence-electron chi connectivity index (χ4n) is 1.09. The fraction of sp³-hybridized carbons (Fsp3) is 0.250. The molecule has 0 spiro atoms. The number of hydrogen-bond acceptors (Lipinski definition) is 5. The Kier molecular flexibility index (Phi) is 2.47. The Morgan fingerprint density at radius 1 is 1.64 bits per heavy atom. The summed E-state index contributed by atoms with van der Waals surface area (Å²) in [5.41, 5.74) is 7.18. The molecule has 2 aromatic heterocycles. The molecule has 0 aliphatic rings. The molecule has 2 aromatic rings. The van der Waals surface area contributed by atoms with Crippen molar-refractivity contribution < 1.29 is 4.74 Å². The summed E-state index contributed by atoms with van der Waals surface area (Å²) >= 11 is 1.55. The Bertz CT molecular complexity index is 422. The van der Waals surface area contributed by atoms with Crippen LogP contribution in [0.3, 0.4) is 0 Å². The Morgan fingerprint density at radius 3 is 3.14 bits per heavy atom. The average molecular weight is 210 g/mol. The Balaban J connectivity index is 2.24. The van der Waals surface area contributed by atoms with Crippen molar-refractivity contribution in [1.82, 2.24) is 15.2 Å². The normalized spacial score (nSPS) is 10.6. The van der Waals surface area contributed by atoms with E-state index in [4.69, 9.17) is 10.5 Å². The van der Waals surface area contributed by atoms with Gasteiger partial charge in [-0.15, -0.1) is 11.3 Å². The number of rotatable bonds is 3. The minimum atomic E-state index is 0.473. The molecule has 2 rings (SSSR count). The average Bonchev–Trinajstić information content (AvgIpc) is 2.74. The second-order valence-electron chi connectivity index (χ2n) is 2.77. The van der Waals surface area contributed by atoms with Gasteiger partial charge in [0.25, 0.3) is 0 Å². The first-order valence-electron chi connectivity index (χ1n) is 4.04. The number of nitrogens with two attached hydrogens (primary N) is 1. The highest BCUT2D eigenvalue weighted by atomic mass is 32.1. The fourth-order valence-corrected chi connectivity index (χ4v) is 1.86. The van der Waals surface area contributed by atoms with Crippen molar-refractivity contribution in [1.29, 1.82) is 0 Å². The van der Waals surface area contributed by atoms with Crippen LogP contribution >= 0.6 is 11.3 Å². The van der Waals surface area contributed by atoms with E-state index in [1.165, 1.54) is 0 Å². The third kappa shape index (κ3) is 1.75. The van der Waals surface area contributed by atoms with Gasteiger partial charge in [0, 0.05) is 18.6 Å². The van der Waals surface area contributed by atoms with E-state index in [2.05, 4.69) is 15.2 Å². The van der Waals surface area contributed by atoms with Crippen molar-refractivity contribution in [3.63, 3.8) is 0 Å². The minimum Gasteiger partial charge on any atom is -0.382 e. The number of nitrogens with zero attached hydrogens (tertiary/aromatic N) is 2. The van der Waals surface area contributed by atoms with Gasteiger partial charge in [-0.3, -0.25) is 5.10 Å². The molecule has 0 aliphatic heterocycles. The lowest BCUT2D eigenvalue weighted by Crippen LogP contribution is -1.86. The maximum atomic E-state index is 5.49. The van der Waals surface area contributed by atoms with Crippen LogP contribution in [0, 0.1) is 0 Å². The highest BCUT2D eigenvalue weighted by Crippen LogP contribution is 2.21. The lowest BCUT2D eigenvalue weighted by atomic mass is 10.3. The van der Waals surface area contributed by atoms with Crippen LogP contribution in [-0.4, -0.2) is 22.3 Å². The number of ether oxygens (including phenoxy) is 1. The number of hydrogen-bond donors (Lipinski definition) is 2. The Morgan fingerprint density at radius 2 is 2.50 bits per heavy atom. The molecule has 0 radical (unpaired) electrons.